The van der Waals surface area contributed by atoms with E-state index < -0.39 is 0 Å². The lowest BCUT2D eigenvalue weighted by Gasteiger charge is -1.97. The van der Waals surface area contributed by atoms with Gasteiger partial charge in [0.1, 0.15) is 17.8 Å². The average Bonchev–Trinajstić information content (AvgIpc) is 2.84. The van der Waals surface area contributed by atoms with Crippen LogP contribution in [0.1, 0.15) is 10.4 Å². The Morgan fingerprint density at radius 2 is 2.17 bits per heavy atom. The van der Waals surface area contributed by atoms with Gasteiger partial charge < -0.3 is 5.73 Å². The number of rotatable bonds is 2. The molecule has 0 aromatic carbocycles. The van der Waals surface area contributed by atoms with Gasteiger partial charge >= 0.3 is 0 Å². The van der Waals surface area contributed by atoms with Crippen LogP contribution in [0.25, 0.3) is 17.2 Å². The van der Waals surface area contributed by atoms with Crippen LogP contribution in [0.3, 0.4) is 0 Å². The molecule has 0 radical (unpaired) electrons. The van der Waals surface area contributed by atoms with Crippen molar-refractivity contribution in [2.24, 2.45) is 0 Å². The Hall–Kier alpha value is -2.76. The zero-order valence-corrected chi connectivity index (χ0v) is 9.32. The molecule has 0 fully saturated rings. The fourth-order valence-corrected chi connectivity index (χ4v) is 1.70. The summed E-state index contributed by atoms with van der Waals surface area (Å²) in [4.78, 5) is 19.2. The molecule has 3 aromatic heterocycles. The number of nitrogens with zero attached hydrogens (tertiary/aromatic N) is 4. The lowest BCUT2D eigenvalue weighted by molar-refractivity contribution is 0.112. The minimum Gasteiger partial charge on any atom is -0.384 e. The highest BCUT2D eigenvalue weighted by molar-refractivity contribution is 5.78. The molecule has 3 aromatic rings. The van der Waals surface area contributed by atoms with E-state index >= 15 is 0 Å². The fraction of sp³-hybridized carbons (Fsp3) is 0. The van der Waals surface area contributed by atoms with Crippen molar-refractivity contribution in [3.63, 3.8) is 0 Å². The van der Waals surface area contributed by atoms with Crippen molar-refractivity contribution in [3.05, 3.63) is 42.1 Å². The number of hydrogen-bond donors (Lipinski definition) is 1. The van der Waals surface area contributed by atoms with E-state index in [1.165, 1.54) is 4.52 Å². The van der Waals surface area contributed by atoms with E-state index in [1.807, 2.05) is 18.2 Å². The number of carbonyl (C=O) groups excluding carboxylic acids is 1. The summed E-state index contributed by atoms with van der Waals surface area (Å²) in [6.45, 7) is 0. The van der Waals surface area contributed by atoms with Crippen LogP contribution in [0.4, 0.5) is 5.82 Å². The maximum atomic E-state index is 10.8. The normalized spacial score (nSPS) is 10.7. The molecule has 0 bridgehead atoms. The molecule has 0 aliphatic carbocycles. The number of aldehydes is 1. The molecule has 0 atom stereocenters. The van der Waals surface area contributed by atoms with Gasteiger partial charge in [0.2, 0.25) is 5.82 Å². The molecule has 0 spiro atoms. The molecule has 3 heterocycles. The largest absolute Gasteiger partial charge is 0.384 e. The second-order valence-electron chi connectivity index (χ2n) is 3.75. The first-order valence-corrected chi connectivity index (χ1v) is 5.31. The molecule has 0 saturated heterocycles. The molecule has 0 amide bonds. The third-order valence-electron chi connectivity index (χ3n) is 2.52. The third-order valence-corrected chi connectivity index (χ3v) is 2.52. The summed E-state index contributed by atoms with van der Waals surface area (Å²) in [7, 11) is 0. The van der Waals surface area contributed by atoms with E-state index in [2.05, 4.69) is 15.1 Å². The highest BCUT2D eigenvalue weighted by atomic mass is 16.1. The van der Waals surface area contributed by atoms with E-state index in [4.69, 9.17) is 5.73 Å². The molecular formula is C12H9N5O. The maximum Gasteiger partial charge on any atom is 0.200 e. The van der Waals surface area contributed by atoms with Crippen molar-refractivity contribution in [2.75, 3.05) is 5.73 Å². The highest BCUT2D eigenvalue weighted by Crippen LogP contribution is 2.16. The molecule has 0 unspecified atom stereocenters. The van der Waals surface area contributed by atoms with Crippen molar-refractivity contribution in [2.45, 2.75) is 0 Å². The van der Waals surface area contributed by atoms with Crippen LogP contribution in [0.2, 0.25) is 0 Å². The molecule has 3 rings (SSSR count). The molecule has 0 saturated carbocycles. The van der Waals surface area contributed by atoms with Crippen LogP contribution in [0.15, 0.2) is 36.5 Å². The van der Waals surface area contributed by atoms with Crippen LogP contribution >= 0.6 is 0 Å². The average molecular weight is 239 g/mol. The monoisotopic (exact) mass is 239 g/mol. The minimum atomic E-state index is 0.365. The van der Waals surface area contributed by atoms with Gasteiger partial charge in [0.15, 0.2) is 5.65 Å². The summed E-state index contributed by atoms with van der Waals surface area (Å²) in [6.07, 6.45) is 2.40. The molecule has 0 aliphatic heterocycles. The third kappa shape index (κ3) is 1.60. The topological polar surface area (TPSA) is 86.2 Å². The van der Waals surface area contributed by atoms with Gasteiger partial charge in [-0.15, -0.1) is 5.10 Å². The Morgan fingerprint density at radius 3 is 2.89 bits per heavy atom. The van der Waals surface area contributed by atoms with Crippen molar-refractivity contribution < 1.29 is 4.79 Å². The zero-order valence-electron chi connectivity index (χ0n) is 9.32. The molecule has 18 heavy (non-hydrogen) atoms. The lowest BCUT2D eigenvalue weighted by atomic mass is 10.3. The summed E-state index contributed by atoms with van der Waals surface area (Å²) in [5, 5.41) is 4.26. The summed E-state index contributed by atoms with van der Waals surface area (Å²) >= 11 is 0. The highest BCUT2D eigenvalue weighted by Gasteiger charge is 2.09. The standard InChI is InChI=1S/C12H9N5O/c13-10-5-8(7-18)6-11-15-12(16-17(10)11)9-3-1-2-4-14-9/h1-7H,13H2. The van der Waals surface area contributed by atoms with Gasteiger partial charge in [0, 0.05) is 11.8 Å². The Bertz CT molecular complexity index is 720. The summed E-state index contributed by atoms with van der Waals surface area (Å²) < 4.78 is 1.48. The second kappa shape index (κ2) is 3.92. The molecule has 6 heteroatoms. The first kappa shape index (κ1) is 10.4. The SMILES string of the molecule is Nc1cc(C=O)cc2nc(-c3ccccn3)nn12. The Balaban J connectivity index is 2.23. The number of nitrogen functional groups attached to an aromatic ring is 1. The van der Waals surface area contributed by atoms with Gasteiger partial charge in [-0.25, -0.2) is 4.98 Å². The Kier molecular flexibility index (Phi) is 2.26. The van der Waals surface area contributed by atoms with Gasteiger partial charge in [0.25, 0.3) is 0 Å². The number of aromatic nitrogens is 4. The smallest absolute Gasteiger partial charge is 0.200 e. The number of fused-ring (bicyclic) bond motifs is 1. The first-order valence-electron chi connectivity index (χ1n) is 5.31. The maximum absolute atomic E-state index is 10.8. The predicted octanol–water partition coefficient (Wildman–Crippen LogP) is 1.19. The number of anilines is 1. The molecule has 6 nitrogen and oxygen atoms in total. The quantitative estimate of drug-likeness (QED) is 0.679. The van der Waals surface area contributed by atoms with Gasteiger partial charge in [-0.05, 0) is 24.3 Å². The lowest BCUT2D eigenvalue weighted by Crippen LogP contribution is -1.99. The van der Waals surface area contributed by atoms with Crippen molar-refractivity contribution >= 4 is 17.8 Å². The summed E-state index contributed by atoms with van der Waals surface area (Å²) in [5.41, 5.74) is 7.46. The number of hydrogen-bond acceptors (Lipinski definition) is 5. The van der Waals surface area contributed by atoms with Gasteiger partial charge in [-0.3, -0.25) is 9.78 Å². The minimum absolute atomic E-state index is 0.365. The van der Waals surface area contributed by atoms with Crippen LogP contribution in [0, 0.1) is 0 Å². The van der Waals surface area contributed by atoms with Crippen LogP contribution in [-0.4, -0.2) is 25.9 Å². The Morgan fingerprint density at radius 1 is 1.28 bits per heavy atom. The Labute approximate surface area is 102 Å². The zero-order chi connectivity index (χ0) is 12.5. The van der Waals surface area contributed by atoms with E-state index in [0.29, 0.717) is 28.5 Å². The van der Waals surface area contributed by atoms with Crippen molar-refractivity contribution in [1.29, 1.82) is 0 Å². The van der Waals surface area contributed by atoms with E-state index in [-0.39, 0.29) is 0 Å². The van der Waals surface area contributed by atoms with Gasteiger partial charge in [-0.2, -0.15) is 4.52 Å². The summed E-state index contributed by atoms with van der Waals surface area (Å²) in [5.74, 6) is 0.842. The van der Waals surface area contributed by atoms with Gasteiger partial charge in [-0.1, -0.05) is 6.07 Å². The fourth-order valence-electron chi connectivity index (χ4n) is 1.70. The number of nitrogens with two attached hydrogens (primary N) is 1. The van der Waals surface area contributed by atoms with Crippen LogP contribution < -0.4 is 5.73 Å². The first-order chi connectivity index (χ1) is 8.78. The molecule has 2 N–H and O–H groups in total. The van der Waals surface area contributed by atoms with E-state index in [0.717, 1.165) is 6.29 Å². The molecule has 88 valence electrons. The van der Waals surface area contributed by atoms with Crippen molar-refractivity contribution in [3.8, 4) is 11.5 Å². The number of carbonyl (C=O) groups is 1. The predicted molar refractivity (Wildman–Crippen MR) is 66.0 cm³/mol. The summed E-state index contributed by atoms with van der Waals surface area (Å²) in [6, 6.07) is 8.66. The molecule has 0 aliphatic rings. The van der Waals surface area contributed by atoms with Gasteiger partial charge in [0.05, 0.1) is 0 Å². The number of pyridine rings is 2. The van der Waals surface area contributed by atoms with E-state index in [1.54, 1.807) is 18.3 Å². The second-order valence-corrected chi connectivity index (χ2v) is 3.75. The van der Waals surface area contributed by atoms with Crippen LogP contribution in [-0.2, 0) is 0 Å². The van der Waals surface area contributed by atoms with E-state index in [9.17, 15) is 4.79 Å². The van der Waals surface area contributed by atoms with Crippen molar-refractivity contribution in [1.82, 2.24) is 19.6 Å². The van der Waals surface area contributed by atoms with Crippen LogP contribution in [0.5, 0.6) is 0 Å². The molecular weight excluding hydrogens is 230 g/mol.